The normalized spacial score (nSPS) is 11.8. The second-order valence-corrected chi connectivity index (χ2v) is 5.18. The summed E-state index contributed by atoms with van der Waals surface area (Å²) in [5.74, 6) is 0. The molecule has 1 heterocycles. The molecule has 4 N–H and O–H groups in total. The molecule has 0 unspecified atom stereocenters. The van der Waals surface area contributed by atoms with Gasteiger partial charge in [-0.2, -0.15) is 0 Å². The van der Waals surface area contributed by atoms with Gasteiger partial charge in [0, 0.05) is 0 Å². The molecule has 0 aliphatic rings. The van der Waals surface area contributed by atoms with Crippen molar-refractivity contribution in [3.63, 3.8) is 0 Å². The number of benzene rings is 1. The van der Waals surface area contributed by atoms with Crippen molar-refractivity contribution in [2.45, 2.75) is 5.54 Å². The lowest BCUT2D eigenvalue weighted by Crippen LogP contribution is -2.49. The molecule has 8 nitrogen and oxygen atoms in total. The maximum absolute atomic E-state index is 11.2. The van der Waals surface area contributed by atoms with Gasteiger partial charge < -0.3 is 20.6 Å². The fourth-order valence-electron chi connectivity index (χ4n) is 1.76. The van der Waals surface area contributed by atoms with Gasteiger partial charge in [-0.05, 0) is 12.1 Å². The molecule has 20 heavy (non-hydrogen) atoms. The highest BCUT2D eigenvalue weighted by atomic mass is 32.1. The number of thiazole rings is 1. The van der Waals surface area contributed by atoms with Crippen molar-refractivity contribution in [1.29, 1.82) is 0 Å². The molecule has 1 aromatic heterocycles. The van der Waals surface area contributed by atoms with Crippen LogP contribution in [0.15, 0.2) is 17.6 Å². The smallest absolute Gasteiger partial charge is 0.319 e. The number of rotatable bonds is 6. The minimum Gasteiger partial charge on any atom is -0.394 e. The number of hydrogen-bond donors (Lipinski definition) is 4. The number of aliphatic hydroxyl groups excluding tert-OH is 3. The van der Waals surface area contributed by atoms with Crippen molar-refractivity contribution >= 4 is 32.9 Å². The summed E-state index contributed by atoms with van der Waals surface area (Å²) in [5.41, 5.74) is 0.134. The van der Waals surface area contributed by atoms with Crippen LogP contribution >= 0.6 is 11.3 Å². The van der Waals surface area contributed by atoms with Crippen LogP contribution in [0.25, 0.3) is 10.2 Å². The quantitative estimate of drug-likeness (QED) is 0.447. The van der Waals surface area contributed by atoms with Crippen molar-refractivity contribution in [1.82, 2.24) is 4.98 Å². The Morgan fingerprint density at radius 2 is 1.95 bits per heavy atom. The zero-order valence-electron chi connectivity index (χ0n) is 10.3. The first-order chi connectivity index (χ1) is 9.56. The molecule has 0 spiro atoms. The molecule has 0 aliphatic heterocycles. The summed E-state index contributed by atoms with van der Waals surface area (Å²) in [7, 11) is 0. The number of hydrogen-bond acceptors (Lipinski definition) is 8. The van der Waals surface area contributed by atoms with Gasteiger partial charge in [-0.25, -0.2) is 4.98 Å². The number of nitrogens with zero attached hydrogens (tertiary/aromatic N) is 2. The van der Waals surface area contributed by atoms with Gasteiger partial charge in [-0.15, -0.1) is 11.3 Å². The van der Waals surface area contributed by atoms with Crippen LogP contribution in [-0.2, 0) is 0 Å². The summed E-state index contributed by atoms with van der Waals surface area (Å²) in [6.45, 7) is -1.73. The predicted molar refractivity (Wildman–Crippen MR) is 73.9 cm³/mol. The maximum atomic E-state index is 11.2. The van der Waals surface area contributed by atoms with E-state index in [2.05, 4.69) is 10.3 Å². The van der Waals surface area contributed by atoms with Gasteiger partial charge in [0.15, 0.2) is 5.52 Å². The first kappa shape index (κ1) is 14.6. The zero-order chi connectivity index (χ0) is 14.8. The van der Waals surface area contributed by atoms with Gasteiger partial charge in [-0.3, -0.25) is 10.1 Å². The molecule has 0 saturated heterocycles. The van der Waals surface area contributed by atoms with Crippen LogP contribution in [-0.4, -0.2) is 50.6 Å². The van der Waals surface area contributed by atoms with Crippen molar-refractivity contribution in [2.24, 2.45) is 0 Å². The lowest BCUT2D eigenvalue weighted by Gasteiger charge is -2.29. The van der Waals surface area contributed by atoms with E-state index in [0.717, 1.165) is 0 Å². The third kappa shape index (κ3) is 2.43. The van der Waals surface area contributed by atoms with Crippen LogP contribution in [0.4, 0.5) is 11.4 Å². The molecule has 0 amide bonds. The molecule has 0 radical (unpaired) electrons. The molecule has 9 heteroatoms. The molecular weight excluding hydrogens is 286 g/mol. The van der Waals surface area contributed by atoms with Crippen molar-refractivity contribution in [3.8, 4) is 0 Å². The molecule has 1 aromatic carbocycles. The van der Waals surface area contributed by atoms with Crippen molar-refractivity contribution in [2.75, 3.05) is 25.1 Å². The Morgan fingerprint density at radius 3 is 2.50 bits per heavy atom. The largest absolute Gasteiger partial charge is 0.394 e. The number of nitrogens with one attached hydrogen (secondary N) is 1. The van der Waals surface area contributed by atoms with Crippen molar-refractivity contribution in [3.05, 3.63) is 27.8 Å². The fourth-order valence-corrected chi connectivity index (χ4v) is 2.44. The number of nitro groups is 1. The van der Waals surface area contributed by atoms with Gasteiger partial charge in [-0.1, -0.05) is 0 Å². The number of fused-ring (bicyclic) bond motifs is 1. The maximum Gasteiger partial charge on any atom is 0.319 e. The summed E-state index contributed by atoms with van der Waals surface area (Å²) in [6, 6.07) is 3.12. The average molecular weight is 299 g/mol. The highest BCUT2D eigenvalue weighted by molar-refractivity contribution is 7.16. The number of aliphatic hydroxyl groups is 3. The third-order valence-electron chi connectivity index (χ3n) is 2.97. The molecule has 108 valence electrons. The molecule has 0 fully saturated rings. The van der Waals surface area contributed by atoms with E-state index in [0.29, 0.717) is 4.70 Å². The Bertz CT molecular complexity index is 617. The Morgan fingerprint density at radius 1 is 1.30 bits per heavy atom. The number of nitro benzene ring substituents is 1. The van der Waals surface area contributed by atoms with E-state index in [1.54, 1.807) is 6.07 Å². The summed E-state index contributed by atoms with van der Waals surface area (Å²) < 4.78 is 0.657. The summed E-state index contributed by atoms with van der Waals surface area (Å²) >= 11 is 1.27. The van der Waals surface area contributed by atoms with Gasteiger partial charge in [0.25, 0.3) is 0 Å². The SMILES string of the molecule is O=[N+]([O-])c1c(NC(CO)(CO)CO)ccc2scnc12. The van der Waals surface area contributed by atoms with E-state index in [1.165, 1.54) is 22.9 Å². The van der Waals surface area contributed by atoms with Crippen LogP contribution in [0.2, 0.25) is 0 Å². The standard InChI is InChI=1S/C11H13N3O5S/c15-3-11(4-16,5-17)13-7-1-2-8-9(12-6-20-8)10(7)14(18)19/h1-2,6,13,15-17H,3-5H2. The first-order valence-electron chi connectivity index (χ1n) is 5.68. The molecule has 0 atom stereocenters. The van der Waals surface area contributed by atoms with Crippen LogP contribution in [0, 0.1) is 10.1 Å². The van der Waals surface area contributed by atoms with Gasteiger partial charge in [0.1, 0.15) is 11.2 Å². The lowest BCUT2D eigenvalue weighted by atomic mass is 10.0. The Labute approximate surface area is 117 Å². The number of anilines is 1. The Hall–Kier alpha value is -1.81. The van der Waals surface area contributed by atoms with E-state index in [-0.39, 0.29) is 16.9 Å². The van der Waals surface area contributed by atoms with E-state index in [1.807, 2.05) is 0 Å². The van der Waals surface area contributed by atoms with E-state index < -0.39 is 30.3 Å². The average Bonchev–Trinajstić information content (AvgIpc) is 2.92. The van der Waals surface area contributed by atoms with E-state index in [4.69, 9.17) is 0 Å². The van der Waals surface area contributed by atoms with Gasteiger partial charge in [0.05, 0.1) is 35.0 Å². The summed E-state index contributed by atoms with van der Waals surface area (Å²) in [4.78, 5) is 14.6. The van der Waals surface area contributed by atoms with Crippen LogP contribution < -0.4 is 5.32 Å². The third-order valence-corrected chi connectivity index (χ3v) is 3.76. The van der Waals surface area contributed by atoms with E-state index in [9.17, 15) is 25.4 Å². The minimum absolute atomic E-state index is 0.0885. The van der Waals surface area contributed by atoms with Gasteiger partial charge in [0.2, 0.25) is 0 Å². The summed E-state index contributed by atoms with van der Waals surface area (Å²) in [6.07, 6.45) is 0. The molecule has 0 saturated carbocycles. The first-order valence-corrected chi connectivity index (χ1v) is 6.56. The highest BCUT2D eigenvalue weighted by Crippen LogP contribution is 2.35. The van der Waals surface area contributed by atoms with Crippen LogP contribution in [0.1, 0.15) is 0 Å². The predicted octanol–water partition coefficient (Wildman–Crippen LogP) is 0.332. The van der Waals surface area contributed by atoms with Crippen LogP contribution in [0.5, 0.6) is 0 Å². The molecular formula is C11H13N3O5S. The second-order valence-electron chi connectivity index (χ2n) is 4.30. The highest BCUT2D eigenvalue weighted by Gasteiger charge is 2.31. The molecule has 0 aliphatic carbocycles. The second kappa shape index (κ2) is 5.67. The zero-order valence-corrected chi connectivity index (χ0v) is 11.1. The van der Waals surface area contributed by atoms with Gasteiger partial charge >= 0.3 is 5.69 Å². The van der Waals surface area contributed by atoms with E-state index >= 15 is 0 Å². The molecule has 2 rings (SSSR count). The fraction of sp³-hybridized carbons (Fsp3) is 0.364. The summed E-state index contributed by atoms with van der Waals surface area (Å²) in [5, 5.41) is 41.7. The minimum atomic E-state index is -1.44. The van der Waals surface area contributed by atoms with Crippen LogP contribution in [0.3, 0.4) is 0 Å². The molecule has 0 bridgehead atoms. The monoisotopic (exact) mass is 299 g/mol. The number of aromatic nitrogens is 1. The Balaban J connectivity index is 2.53. The Kier molecular flexibility index (Phi) is 4.14. The molecule has 2 aromatic rings. The lowest BCUT2D eigenvalue weighted by molar-refractivity contribution is -0.382. The van der Waals surface area contributed by atoms with Crippen molar-refractivity contribution < 1.29 is 20.2 Å². The topological polar surface area (TPSA) is 129 Å².